The molecule has 4 rings (SSSR count). The minimum atomic E-state index is -3.72. The zero-order valence-electron chi connectivity index (χ0n) is 15.8. The van der Waals surface area contributed by atoms with Crippen LogP contribution in [-0.2, 0) is 4.57 Å². The van der Waals surface area contributed by atoms with Crippen molar-refractivity contribution in [2.75, 3.05) is 0 Å². The minimum absolute atomic E-state index is 0.503. The second-order valence-electron chi connectivity index (χ2n) is 6.57. The molecule has 0 atom stereocenters. The molecule has 0 bridgehead atoms. The van der Waals surface area contributed by atoms with Crippen LogP contribution in [0.4, 0.5) is 0 Å². The average molecular weight is 400 g/mol. The van der Waals surface area contributed by atoms with E-state index in [1.54, 1.807) is 24.3 Å². The zero-order chi connectivity index (χ0) is 19.9. The normalized spacial score (nSPS) is 11.2. The van der Waals surface area contributed by atoms with Crippen LogP contribution < -0.4 is 9.05 Å². The van der Waals surface area contributed by atoms with Gasteiger partial charge >= 0.3 is 7.60 Å². The van der Waals surface area contributed by atoms with Crippen molar-refractivity contribution in [2.45, 2.75) is 5.66 Å². The molecule has 4 aromatic rings. The monoisotopic (exact) mass is 400 g/mol. The summed E-state index contributed by atoms with van der Waals surface area (Å²) in [6.45, 7) is 0. The Hall–Kier alpha value is -3.29. The van der Waals surface area contributed by atoms with E-state index in [9.17, 15) is 4.57 Å². The highest BCUT2D eigenvalue weighted by atomic mass is 31.2. The number of benzene rings is 4. The van der Waals surface area contributed by atoms with Gasteiger partial charge in [0.15, 0.2) is 0 Å². The van der Waals surface area contributed by atoms with Gasteiger partial charge in [0.2, 0.25) is 0 Å². The van der Waals surface area contributed by atoms with Crippen LogP contribution in [0.25, 0.3) is 0 Å². The van der Waals surface area contributed by atoms with Crippen LogP contribution in [0.2, 0.25) is 0 Å². The van der Waals surface area contributed by atoms with Gasteiger partial charge in [0.1, 0.15) is 17.2 Å². The highest BCUT2D eigenvalue weighted by Crippen LogP contribution is 2.62. The molecule has 0 spiro atoms. The summed E-state index contributed by atoms with van der Waals surface area (Å²) in [5, 5.41) is 0. The predicted octanol–water partition coefficient (Wildman–Crippen LogP) is 7.13. The summed E-state index contributed by atoms with van der Waals surface area (Å²) in [5.74, 6) is 1.01. The Balaban J connectivity index is 1.85. The summed E-state index contributed by atoms with van der Waals surface area (Å²) in [6.07, 6.45) is 0. The first kappa shape index (κ1) is 19.0. The van der Waals surface area contributed by atoms with Crippen molar-refractivity contribution in [1.82, 2.24) is 0 Å². The summed E-state index contributed by atoms with van der Waals surface area (Å²) in [6, 6.07) is 37.7. The van der Waals surface area contributed by atoms with Crippen molar-refractivity contribution in [3.8, 4) is 11.5 Å². The van der Waals surface area contributed by atoms with E-state index in [-0.39, 0.29) is 0 Å². The average Bonchev–Trinajstić information content (AvgIpc) is 2.77. The van der Waals surface area contributed by atoms with Crippen molar-refractivity contribution in [1.29, 1.82) is 0 Å². The summed E-state index contributed by atoms with van der Waals surface area (Å²) in [7, 11) is -3.72. The Morgan fingerprint density at radius 2 is 0.793 bits per heavy atom. The molecule has 0 radical (unpaired) electrons. The number of para-hydroxylation sites is 2. The van der Waals surface area contributed by atoms with Crippen molar-refractivity contribution in [3.05, 3.63) is 132 Å². The van der Waals surface area contributed by atoms with Crippen LogP contribution in [0.15, 0.2) is 121 Å². The third-order valence-corrected chi connectivity index (χ3v) is 6.66. The van der Waals surface area contributed by atoms with Crippen LogP contribution >= 0.6 is 7.60 Å². The third kappa shape index (κ3) is 4.59. The molecular weight excluding hydrogens is 379 g/mol. The van der Waals surface area contributed by atoms with Gasteiger partial charge in [0.05, 0.1) is 0 Å². The molecule has 0 aliphatic heterocycles. The lowest BCUT2D eigenvalue weighted by Crippen LogP contribution is -2.12. The molecule has 4 heteroatoms. The van der Waals surface area contributed by atoms with Gasteiger partial charge in [-0.05, 0) is 35.4 Å². The lowest BCUT2D eigenvalue weighted by Gasteiger charge is -2.28. The lowest BCUT2D eigenvalue weighted by atomic mass is 10.0. The molecule has 0 fully saturated rings. The van der Waals surface area contributed by atoms with E-state index in [1.165, 1.54) is 0 Å². The number of rotatable bonds is 7. The highest BCUT2D eigenvalue weighted by molar-refractivity contribution is 7.55. The summed E-state index contributed by atoms with van der Waals surface area (Å²) in [5.41, 5.74) is 1.16. The van der Waals surface area contributed by atoms with Crippen LogP contribution in [0.5, 0.6) is 11.5 Å². The largest absolute Gasteiger partial charge is 0.442 e. The van der Waals surface area contributed by atoms with Crippen LogP contribution in [0.1, 0.15) is 16.8 Å². The van der Waals surface area contributed by atoms with Gasteiger partial charge in [-0.25, -0.2) is 4.57 Å². The maximum absolute atomic E-state index is 14.4. The molecule has 4 aromatic carbocycles. The second kappa shape index (κ2) is 8.81. The van der Waals surface area contributed by atoms with Gasteiger partial charge in [-0.1, -0.05) is 97.1 Å². The third-order valence-electron chi connectivity index (χ3n) is 4.50. The maximum Gasteiger partial charge on any atom is 0.442 e. The van der Waals surface area contributed by atoms with E-state index < -0.39 is 13.3 Å². The molecule has 0 saturated heterocycles. The molecule has 3 nitrogen and oxygen atoms in total. The Kier molecular flexibility index (Phi) is 5.79. The van der Waals surface area contributed by atoms with Gasteiger partial charge in [-0.2, -0.15) is 0 Å². The van der Waals surface area contributed by atoms with Gasteiger partial charge < -0.3 is 9.05 Å². The van der Waals surface area contributed by atoms with E-state index in [0.29, 0.717) is 11.5 Å². The molecule has 0 saturated carbocycles. The van der Waals surface area contributed by atoms with Crippen LogP contribution in [0.3, 0.4) is 0 Å². The SMILES string of the molecule is O=P(Oc1ccccc1)(Oc1ccccc1)C(c1ccccc1)c1ccccc1. The molecule has 0 aliphatic carbocycles. The first-order valence-corrected chi connectivity index (χ1v) is 11.0. The highest BCUT2D eigenvalue weighted by Gasteiger charge is 2.41. The molecular formula is C25H21O3P. The minimum Gasteiger partial charge on any atom is -0.415 e. The quantitative estimate of drug-likeness (QED) is 0.310. The summed E-state index contributed by atoms with van der Waals surface area (Å²) >= 11 is 0. The van der Waals surface area contributed by atoms with Gasteiger partial charge in [-0.15, -0.1) is 0 Å². The van der Waals surface area contributed by atoms with E-state index >= 15 is 0 Å². The molecule has 144 valence electrons. The molecule has 0 aromatic heterocycles. The fourth-order valence-electron chi connectivity index (χ4n) is 3.21. The predicted molar refractivity (Wildman–Crippen MR) is 116 cm³/mol. The van der Waals surface area contributed by atoms with Crippen LogP contribution in [-0.4, -0.2) is 0 Å². The van der Waals surface area contributed by atoms with Gasteiger partial charge in [0, 0.05) is 0 Å². The molecule has 0 N–H and O–H groups in total. The summed E-state index contributed by atoms with van der Waals surface area (Å²) < 4.78 is 26.6. The Morgan fingerprint density at radius 3 is 1.14 bits per heavy atom. The fraction of sp³-hybridized carbons (Fsp3) is 0.0400. The standard InChI is InChI=1S/C25H21O3P/c26-29(27-23-17-9-3-10-18-23,28-24-19-11-4-12-20-24)25(21-13-5-1-6-14-21)22-15-7-2-8-16-22/h1-20,25H. The Labute approximate surface area is 171 Å². The van der Waals surface area contributed by atoms with E-state index in [4.69, 9.17) is 9.05 Å². The van der Waals surface area contributed by atoms with Gasteiger partial charge in [-0.3, -0.25) is 0 Å². The Morgan fingerprint density at radius 1 is 0.483 bits per heavy atom. The topological polar surface area (TPSA) is 35.5 Å². The first-order chi connectivity index (χ1) is 14.2. The maximum atomic E-state index is 14.4. The van der Waals surface area contributed by atoms with Crippen LogP contribution in [0, 0.1) is 0 Å². The van der Waals surface area contributed by atoms with Crippen molar-refractivity contribution in [2.24, 2.45) is 0 Å². The molecule has 0 unspecified atom stereocenters. The van der Waals surface area contributed by atoms with E-state index in [1.807, 2.05) is 97.1 Å². The first-order valence-electron chi connectivity index (χ1n) is 9.43. The molecule has 29 heavy (non-hydrogen) atoms. The molecule has 0 amide bonds. The second-order valence-corrected chi connectivity index (χ2v) is 8.53. The summed E-state index contributed by atoms with van der Waals surface area (Å²) in [4.78, 5) is 0. The van der Waals surface area contributed by atoms with Gasteiger partial charge in [0.25, 0.3) is 0 Å². The lowest BCUT2D eigenvalue weighted by molar-refractivity contribution is 0.378. The number of hydrogen-bond donors (Lipinski definition) is 0. The van der Waals surface area contributed by atoms with E-state index in [0.717, 1.165) is 11.1 Å². The number of hydrogen-bond acceptors (Lipinski definition) is 3. The van der Waals surface area contributed by atoms with Crippen molar-refractivity contribution < 1.29 is 13.6 Å². The molecule has 0 heterocycles. The fourth-order valence-corrected chi connectivity index (χ4v) is 5.36. The zero-order valence-corrected chi connectivity index (χ0v) is 16.7. The molecule has 0 aliphatic rings. The Bertz CT molecular complexity index is 983. The van der Waals surface area contributed by atoms with Crippen molar-refractivity contribution in [3.63, 3.8) is 0 Å². The van der Waals surface area contributed by atoms with E-state index in [2.05, 4.69) is 0 Å². The van der Waals surface area contributed by atoms with Crippen molar-refractivity contribution >= 4 is 7.60 Å². The smallest absolute Gasteiger partial charge is 0.415 e.